The van der Waals surface area contributed by atoms with Crippen molar-refractivity contribution in [2.75, 3.05) is 12.8 Å². The molecule has 26 heavy (non-hydrogen) atoms. The van der Waals surface area contributed by atoms with Crippen LogP contribution in [-0.4, -0.2) is 23.0 Å². The molecular formula is C19H15Cl2N3O2. The van der Waals surface area contributed by atoms with E-state index in [2.05, 4.69) is 9.97 Å². The van der Waals surface area contributed by atoms with E-state index in [1.807, 2.05) is 30.3 Å². The molecule has 1 aromatic heterocycles. The van der Waals surface area contributed by atoms with Crippen LogP contribution in [0.25, 0.3) is 11.3 Å². The monoisotopic (exact) mass is 387 g/mol. The molecule has 0 aliphatic carbocycles. The van der Waals surface area contributed by atoms with Gasteiger partial charge in [-0.1, -0.05) is 41.9 Å². The normalized spacial score (nSPS) is 10.6. The molecule has 0 amide bonds. The fourth-order valence-corrected chi connectivity index (χ4v) is 3.10. The molecule has 132 valence electrons. The average Bonchev–Trinajstić information content (AvgIpc) is 2.65. The lowest BCUT2D eigenvalue weighted by molar-refractivity contribution is 0.0601. The van der Waals surface area contributed by atoms with Crippen molar-refractivity contribution < 1.29 is 9.53 Å². The summed E-state index contributed by atoms with van der Waals surface area (Å²) in [7, 11) is 1.30. The molecule has 0 fully saturated rings. The van der Waals surface area contributed by atoms with Crippen LogP contribution >= 0.6 is 23.2 Å². The summed E-state index contributed by atoms with van der Waals surface area (Å²) in [6.45, 7) is 0. The van der Waals surface area contributed by atoms with Gasteiger partial charge in [0.1, 0.15) is 0 Å². The van der Waals surface area contributed by atoms with Gasteiger partial charge in [0.15, 0.2) is 0 Å². The highest BCUT2D eigenvalue weighted by Gasteiger charge is 2.22. The Balaban J connectivity index is 2.23. The number of halogens is 2. The zero-order chi connectivity index (χ0) is 18.7. The Hall–Kier alpha value is -2.63. The van der Waals surface area contributed by atoms with E-state index in [9.17, 15) is 4.79 Å². The predicted octanol–water partition coefficient (Wildman–Crippen LogP) is 4.41. The third kappa shape index (κ3) is 3.64. The van der Waals surface area contributed by atoms with Crippen LogP contribution in [0.1, 0.15) is 21.5 Å². The first-order valence-corrected chi connectivity index (χ1v) is 8.49. The van der Waals surface area contributed by atoms with Gasteiger partial charge in [-0.3, -0.25) is 0 Å². The third-order valence-corrected chi connectivity index (χ3v) is 4.50. The van der Waals surface area contributed by atoms with E-state index in [4.69, 9.17) is 33.7 Å². The highest BCUT2D eigenvalue weighted by atomic mass is 35.5. The van der Waals surface area contributed by atoms with Gasteiger partial charge in [-0.15, -0.1) is 0 Å². The molecule has 3 aromatic rings. The first kappa shape index (κ1) is 18.2. The van der Waals surface area contributed by atoms with Crippen molar-refractivity contribution in [1.82, 2.24) is 9.97 Å². The van der Waals surface area contributed by atoms with Crippen LogP contribution in [0.3, 0.4) is 0 Å². The summed E-state index contributed by atoms with van der Waals surface area (Å²) >= 11 is 12.3. The Morgan fingerprint density at radius 2 is 1.92 bits per heavy atom. The zero-order valence-corrected chi connectivity index (χ0v) is 15.4. The van der Waals surface area contributed by atoms with Gasteiger partial charge in [-0.2, -0.15) is 0 Å². The second-order valence-corrected chi connectivity index (χ2v) is 6.27. The van der Waals surface area contributed by atoms with Crippen LogP contribution in [-0.2, 0) is 11.2 Å². The fourth-order valence-electron chi connectivity index (χ4n) is 2.73. The van der Waals surface area contributed by atoms with Gasteiger partial charge in [-0.05, 0) is 41.3 Å². The van der Waals surface area contributed by atoms with Crippen LogP contribution in [0.15, 0.2) is 48.7 Å². The summed E-state index contributed by atoms with van der Waals surface area (Å²) in [4.78, 5) is 20.2. The van der Waals surface area contributed by atoms with Gasteiger partial charge in [-0.25, -0.2) is 14.8 Å². The molecule has 3 rings (SSSR count). The fraction of sp³-hybridized carbons (Fsp3) is 0.105. The van der Waals surface area contributed by atoms with E-state index in [-0.39, 0.29) is 21.6 Å². The summed E-state index contributed by atoms with van der Waals surface area (Å²) in [6, 6.07) is 13.2. The largest absolute Gasteiger partial charge is 0.465 e. The molecule has 0 saturated carbocycles. The summed E-state index contributed by atoms with van der Waals surface area (Å²) in [6.07, 6.45) is 2.07. The first-order valence-electron chi connectivity index (χ1n) is 7.73. The lowest BCUT2D eigenvalue weighted by Crippen LogP contribution is -2.08. The topological polar surface area (TPSA) is 78.1 Å². The van der Waals surface area contributed by atoms with Crippen molar-refractivity contribution in [3.8, 4) is 11.3 Å². The van der Waals surface area contributed by atoms with Gasteiger partial charge in [0.25, 0.3) is 0 Å². The maximum atomic E-state index is 12.1. The number of hydrogen-bond acceptors (Lipinski definition) is 5. The number of rotatable bonds is 4. The summed E-state index contributed by atoms with van der Waals surface area (Å²) < 4.78 is 4.82. The first-order chi connectivity index (χ1) is 12.5. The molecule has 1 heterocycles. The van der Waals surface area contributed by atoms with Gasteiger partial charge in [0.05, 0.1) is 29.1 Å². The van der Waals surface area contributed by atoms with Crippen molar-refractivity contribution in [2.24, 2.45) is 0 Å². The summed E-state index contributed by atoms with van der Waals surface area (Å²) in [5.41, 5.74) is 9.71. The number of carbonyl (C=O) groups is 1. The molecule has 0 aliphatic heterocycles. The minimum atomic E-state index is -0.553. The number of esters is 1. The molecule has 0 saturated heterocycles. The number of hydrogen-bond donors (Lipinski definition) is 1. The number of methoxy groups -OCH3 is 1. The highest BCUT2D eigenvalue weighted by molar-refractivity contribution is 6.37. The highest BCUT2D eigenvalue weighted by Crippen LogP contribution is 2.38. The Bertz CT molecular complexity index is 962. The van der Waals surface area contributed by atoms with Crippen LogP contribution in [0.5, 0.6) is 0 Å². The molecule has 0 spiro atoms. The molecule has 0 radical (unpaired) electrons. The van der Waals surface area contributed by atoms with Crippen molar-refractivity contribution in [3.05, 3.63) is 75.7 Å². The Morgan fingerprint density at radius 1 is 1.19 bits per heavy atom. The lowest BCUT2D eigenvalue weighted by atomic mass is 9.94. The standard InChI is InChI=1S/C19H15Cl2N3O2/c1-26-18(25)13-10-12(9-11-5-3-2-4-6-11)15(17(22)16(13)20)14-7-8-23-19(21)24-14/h2-8,10H,9,22H2,1H3. The molecule has 2 N–H and O–H groups in total. The van der Waals surface area contributed by atoms with Crippen LogP contribution in [0.2, 0.25) is 10.3 Å². The van der Waals surface area contributed by atoms with Crippen molar-refractivity contribution >= 4 is 34.9 Å². The lowest BCUT2D eigenvalue weighted by Gasteiger charge is -2.16. The van der Waals surface area contributed by atoms with E-state index in [0.717, 1.165) is 11.1 Å². The van der Waals surface area contributed by atoms with Crippen molar-refractivity contribution in [1.29, 1.82) is 0 Å². The SMILES string of the molecule is COC(=O)c1cc(Cc2ccccc2)c(-c2ccnc(Cl)n2)c(N)c1Cl. The van der Waals surface area contributed by atoms with Crippen molar-refractivity contribution in [3.63, 3.8) is 0 Å². The van der Waals surface area contributed by atoms with E-state index < -0.39 is 5.97 Å². The van der Waals surface area contributed by atoms with Crippen LogP contribution in [0.4, 0.5) is 5.69 Å². The number of ether oxygens (including phenoxy) is 1. The number of carbonyl (C=O) groups excluding carboxylic acids is 1. The van der Waals surface area contributed by atoms with E-state index >= 15 is 0 Å². The molecule has 0 atom stereocenters. The molecule has 2 aromatic carbocycles. The van der Waals surface area contributed by atoms with E-state index in [1.54, 1.807) is 18.3 Å². The number of aromatic nitrogens is 2. The van der Waals surface area contributed by atoms with Gasteiger partial charge >= 0.3 is 5.97 Å². The number of anilines is 1. The summed E-state index contributed by atoms with van der Waals surface area (Å²) in [5, 5.41) is 0.221. The second-order valence-electron chi connectivity index (χ2n) is 5.55. The second kappa shape index (κ2) is 7.72. The van der Waals surface area contributed by atoms with Crippen LogP contribution in [0, 0.1) is 0 Å². The maximum absolute atomic E-state index is 12.1. The Kier molecular flexibility index (Phi) is 5.40. The van der Waals surface area contributed by atoms with E-state index in [1.165, 1.54) is 7.11 Å². The van der Waals surface area contributed by atoms with Gasteiger partial charge < -0.3 is 10.5 Å². The molecule has 0 unspecified atom stereocenters. The predicted molar refractivity (Wildman–Crippen MR) is 102 cm³/mol. The third-order valence-electron chi connectivity index (χ3n) is 3.91. The van der Waals surface area contributed by atoms with Gasteiger partial charge in [0, 0.05) is 11.8 Å². The quantitative estimate of drug-likeness (QED) is 0.407. The van der Waals surface area contributed by atoms with E-state index in [0.29, 0.717) is 17.7 Å². The minimum Gasteiger partial charge on any atom is -0.465 e. The molecule has 5 nitrogen and oxygen atoms in total. The van der Waals surface area contributed by atoms with Crippen molar-refractivity contribution in [2.45, 2.75) is 6.42 Å². The maximum Gasteiger partial charge on any atom is 0.339 e. The van der Waals surface area contributed by atoms with Crippen LogP contribution < -0.4 is 5.73 Å². The Labute approximate surface area is 160 Å². The molecular weight excluding hydrogens is 373 g/mol. The molecule has 7 heteroatoms. The smallest absolute Gasteiger partial charge is 0.339 e. The Morgan fingerprint density at radius 3 is 2.58 bits per heavy atom. The number of nitrogens with two attached hydrogens (primary N) is 1. The minimum absolute atomic E-state index is 0.0979. The zero-order valence-electron chi connectivity index (χ0n) is 13.9. The average molecular weight is 388 g/mol. The number of benzene rings is 2. The van der Waals surface area contributed by atoms with Gasteiger partial charge in [0.2, 0.25) is 5.28 Å². The molecule has 0 bridgehead atoms. The molecule has 0 aliphatic rings. The number of nitrogens with zero attached hydrogens (tertiary/aromatic N) is 2. The number of nitrogen functional groups attached to an aromatic ring is 1. The summed E-state index contributed by atoms with van der Waals surface area (Å²) in [5.74, 6) is -0.553.